The number of hydrogen-bond donors (Lipinski definition) is 0. The first-order valence-electron chi connectivity index (χ1n) is 8.71. The Kier molecular flexibility index (Phi) is 6.48. The zero-order valence-electron chi connectivity index (χ0n) is 14.8. The maximum atomic E-state index is 5.94. The lowest BCUT2D eigenvalue weighted by Gasteiger charge is -2.31. The average Bonchev–Trinajstić information content (AvgIpc) is 2.98. The number of ether oxygens (including phenoxy) is 2. The second-order valence-corrected chi connectivity index (χ2v) is 6.80. The van der Waals surface area contributed by atoms with Crippen LogP contribution in [0.3, 0.4) is 0 Å². The van der Waals surface area contributed by atoms with Gasteiger partial charge in [0.25, 0.3) is 0 Å². The number of aromatic nitrogens is 1. The fraction of sp³-hybridized carbons (Fsp3) is 0.526. The van der Waals surface area contributed by atoms with E-state index >= 15 is 0 Å². The zero-order valence-corrected chi connectivity index (χ0v) is 15.6. The number of benzene rings is 1. The summed E-state index contributed by atoms with van der Waals surface area (Å²) in [5.74, 6) is 1.53. The van der Waals surface area contributed by atoms with E-state index in [0.717, 1.165) is 49.5 Å². The van der Waals surface area contributed by atoms with Crippen molar-refractivity contribution in [2.45, 2.75) is 32.4 Å². The van der Waals surface area contributed by atoms with Gasteiger partial charge in [0.05, 0.1) is 25.0 Å². The molecule has 0 bridgehead atoms. The summed E-state index contributed by atoms with van der Waals surface area (Å²) in [7, 11) is 1.70. The van der Waals surface area contributed by atoms with Gasteiger partial charge in [-0.05, 0) is 44.0 Å². The number of hydrogen-bond acceptors (Lipinski definition) is 5. The van der Waals surface area contributed by atoms with Gasteiger partial charge in [0, 0.05) is 37.3 Å². The van der Waals surface area contributed by atoms with Gasteiger partial charge in [-0.2, -0.15) is 0 Å². The maximum Gasteiger partial charge on any atom is 0.226 e. The first kappa shape index (κ1) is 18.4. The average molecular weight is 365 g/mol. The van der Waals surface area contributed by atoms with E-state index in [4.69, 9.17) is 25.5 Å². The fourth-order valence-corrected chi connectivity index (χ4v) is 3.16. The van der Waals surface area contributed by atoms with Crippen molar-refractivity contribution in [2.75, 3.05) is 33.4 Å². The molecule has 5 nitrogen and oxygen atoms in total. The largest absolute Gasteiger partial charge is 0.441 e. The highest BCUT2D eigenvalue weighted by Crippen LogP contribution is 2.25. The molecule has 0 aliphatic carbocycles. The summed E-state index contributed by atoms with van der Waals surface area (Å²) < 4.78 is 16.7. The molecular weight excluding hydrogens is 340 g/mol. The number of likely N-dealkylation sites (tertiary alicyclic amines) is 1. The second-order valence-electron chi connectivity index (χ2n) is 6.37. The van der Waals surface area contributed by atoms with Crippen LogP contribution in [0.5, 0.6) is 0 Å². The summed E-state index contributed by atoms with van der Waals surface area (Å²) in [5, 5.41) is 0.711. The van der Waals surface area contributed by atoms with E-state index in [0.29, 0.717) is 30.2 Å². The molecule has 0 atom stereocenters. The third-order valence-electron chi connectivity index (χ3n) is 4.53. The minimum Gasteiger partial charge on any atom is -0.441 e. The summed E-state index contributed by atoms with van der Waals surface area (Å²) >= 11 is 5.94. The molecule has 0 radical (unpaired) electrons. The lowest BCUT2D eigenvalue weighted by Crippen LogP contribution is -2.37. The number of oxazole rings is 1. The van der Waals surface area contributed by atoms with Gasteiger partial charge in [0.1, 0.15) is 5.76 Å². The smallest absolute Gasteiger partial charge is 0.226 e. The van der Waals surface area contributed by atoms with Gasteiger partial charge in [0.15, 0.2) is 0 Å². The fourth-order valence-electron chi connectivity index (χ4n) is 3.03. The molecule has 3 rings (SSSR count). The van der Waals surface area contributed by atoms with Crippen molar-refractivity contribution in [3.8, 4) is 11.5 Å². The first-order valence-corrected chi connectivity index (χ1v) is 9.08. The topological polar surface area (TPSA) is 47.7 Å². The summed E-state index contributed by atoms with van der Waals surface area (Å²) in [6.45, 7) is 6.15. The summed E-state index contributed by atoms with van der Waals surface area (Å²) in [4.78, 5) is 7.09. The minimum atomic E-state index is 0.342. The monoisotopic (exact) mass is 364 g/mol. The zero-order chi connectivity index (χ0) is 17.6. The van der Waals surface area contributed by atoms with Crippen LogP contribution in [0, 0.1) is 6.92 Å². The molecule has 1 aromatic heterocycles. The summed E-state index contributed by atoms with van der Waals surface area (Å²) in [6.07, 6.45) is 2.43. The SMILES string of the molecule is COCCOC1CCN(Cc2nc(-c3ccc(Cl)cc3)oc2C)CC1. The molecule has 1 aliphatic rings. The van der Waals surface area contributed by atoms with E-state index in [9.17, 15) is 0 Å². The number of halogens is 1. The van der Waals surface area contributed by atoms with Gasteiger partial charge in [-0.15, -0.1) is 0 Å². The molecule has 2 heterocycles. The molecule has 1 aromatic carbocycles. The first-order chi connectivity index (χ1) is 12.2. The molecule has 6 heteroatoms. The molecule has 0 amide bonds. The van der Waals surface area contributed by atoms with Crippen LogP contribution in [-0.2, 0) is 16.0 Å². The van der Waals surface area contributed by atoms with E-state index in [1.807, 2.05) is 31.2 Å². The van der Waals surface area contributed by atoms with Crippen molar-refractivity contribution in [3.63, 3.8) is 0 Å². The van der Waals surface area contributed by atoms with E-state index in [-0.39, 0.29) is 0 Å². The van der Waals surface area contributed by atoms with Gasteiger partial charge in [0.2, 0.25) is 5.89 Å². The van der Waals surface area contributed by atoms with Crippen LogP contribution >= 0.6 is 11.6 Å². The van der Waals surface area contributed by atoms with E-state index in [2.05, 4.69) is 9.88 Å². The van der Waals surface area contributed by atoms with E-state index < -0.39 is 0 Å². The number of rotatable bonds is 7. The Morgan fingerprint density at radius 1 is 1.20 bits per heavy atom. The molecule has 1 fully saturated rings. The Bertz CT molecular complexity index is 664. The molecule has 136 valence electrons. The van der Waals surface area contributed by atoms with Gasteiger partial charge in [-0.3, -0.25) is 4.90 Å². The Balaban J connectivity index is 1.55. The third kappa shape index (κ3) is 5.05. The van der Waals surface area contributed by atoms with Crippen LogP contribution in [0.15, 0.2) is 28.7 Å². The molecule has 1 aliphatic heterocycles. The summed E-state index contributed by atoms with van der Waals surface area (Å²) in [5.41, 5.74) is 1.95. The van der Waals surface area contributed by atoms with Crippen molar-refractivity contribution < 1.29 is 13.9 Å². The molecule has 0 spiro atoms. The lowest BCUT2D eigenvalue weighted by atomic mass is 10.1. The standard InChI is InChI=1S/C19H25ClN2O3/c1-14-18(21-19(25-14)15-3-5-16(20)6-4-15)13-22-9-7-17(8-10-22)24-12-11-23-2/h3-6,17H,7-13H2,1-2H3. The van der Waals surface area contributed by atoms with E-state index in [1.54, 1.807) is 7.11 Å². The molecular formula is C19H25ClN2O3. The van der Waals surface area contributed by atoms with Crippen LogP contribution in [-0.4, -0.2) is 49.4 Å². The van der Waals surface area contributed by atoms with Crippen molar-refractivity contribution >= 4 is 11.6 Å². The Hall–Kier alpha value is -1.40. The normalized spacial score (nSPS) is 16.4. The Morgan fingerprint density at radius 3 is 2.60 bits per heavy atom. The van der Waals surface area contributed by atoms with Gasteiger partial charge >= 0.3 is 0 Å². The van der Waals surface area contributed by atoms with Crippen LogP contribution in [0.4, 0.5) is 0 Å². The van der Waals surface area contributed by atoms with Crippen molar-refractivity contribution in [1.82, 2.24) is 9.88 Å². The second kappa shape index (κ2) is 8.81. The van der Waals surface area contributed by atoms with Crippen molar-refractivity contribution in [1.29, 1.82) is 0 Å². The quantitative estimate of drug-likeness (QED) is 0.696. The predicted molar refractivity (Wildman–Crippen MR) is 97.8 cm³/mol. The van der Waals surface area contributed by atoms with Crippen LogP contribution in [0.2, 0.25) is 5.02 Å². The molecule has 0 saturated carbocycles. The van der Waals surface area contributed by atoms with E-state index in [1.165, 1.54) is 0 Å². The minimum absolute atomic E-state index is 0.342. The van der Waals surface area contributed by atoms with Crippen molar-refractivity contribution in [3.05, 3.63) is 40.7 Å². The highest BCUT2D eigenvalue weighted by molar-refractivity contribution is 6.30. The van der Waals surface area contributed by atoms with Gasteiger partial charge in [-0.1, -0.05) is 11.6 Å². The Labute approximate surface area is 153 Å². The van der Waals surface area contributed by atoms with Crippen LogP contribution < -0.4 is 0 Å². The third-order valence-corrected chi connectivity index (χ3v) is 4.78. The number of methoxy groups -OCH3 is 1. The number of nitrogens with zero attached hydrogens (tertiary/aromatic N) is 2. The van der Waals surface area contributed by atoms with Crippen LogP contribution in [0.1, 0.15) is 24.3 Å². The molecule has 25 heavy (non-hydrogen) atoms. The molecule has 1 saturated heterocycles. The number of aryl methyl sites for hydroxylation is 1. The highest BCUT2D eigenvalue weighted by atomic mass is 35.5. The molecule has 0 N–H and O–H groups in total. The molecule has 0 unspecified atom stereocenters. The van der Waals surface area contributed by atoms with Gasteiger partial charge in [-0.25, -0.2) is 4.98 Å². The molecule has 2 aromatic rings. The van der Waals surface area contributed by atoms with Crippen molar-refractivity contribution in [2.24, 2.45) is 0 Å². The summed E-state index contributed by atoms with van der Waals surface area (Å²) in [6, 6.07) is 7.56. The lowest BCUT2D eigenvalue weighted by molar-refractivity contribution is -0.0159. The van der Waals surface area contributed by atoms with Gasteiger partial charge < -0.3 is 13.9 Å². The van der Waals surface area contributed by atoms with Crippen LogP contribution in [0.25, 0.3) is 11.5 Å². The Morgan fingerprint density at radius 2 is 1.92 bits per heavy atom. The number of piperidine rings is 1. The maximum absolute atomic E-state index is 5.94. The highest BCUT2D eigenvalue weighted by Gasteiger charge is 2.22. The predicted octanol–water partition coefficient (Wildman–Crippen LogP) is 3.93.